The largest absolute Gasteiger partial charge is 0.513 e. The van der Waals surface area contributed by atoms with Crippen molar-refractivity contribution in [3.8, 4) is 5.75 Å². The quantitative estimate of drug-likeness (QED) is 0.0475. The maximum Gasteiger partial charge on any atom is 0.513 e. The molecule has 0 saturated heterocycles. The Morgan fingerprint density at radius 3 is 2.26 bits per heavy atom. The van der Waals surface area contributed by atoms with E-state index in [1.807, 2.05) is 49.4 Å². The van der Waals surface area contributed by atoms with Crippen LogP contribution in [0.2, 0.25) is 0 Å². The molecule has 0 spiro atoms. The van der Waals surface area contributed by atoms with Gasteiger partial charge in [0.05, 0.1) is 49.8 Å². The molecular weight excluding hydrogens is 771 g/mol. The second kappa shape index (κ2) is 21.7. The molecule has 18 heteroatoms. The Bertz CT molecular complexity index is 2050. The fourth-order valence-electron chi connectivity index (χ4n) is 6.44. The molecule has 17 nitrogen and oxygen atoms in total. The van der Waals surface area contributed by atoms with Gasteiger partial charge in [0.25, 0.3) is 0 Å². The first-order valence-corrected chi connectivity index (χ1v) is 19.0. The highest BCUT2D eigenvalue weighted by molar-refractivity contribution is 7.80. The van der Waals surface area contributed by atoms with Crippen molar-refractivity contribution < 1.29 is 48.7 Å². The van der Waals surface area contributed by atoms with E-state index < -0.39 is 30.1 Å². The zero-order valence-corrected chi connectivity index (χ0v) is 32.9. The molecule has 1 aliphatic heterocycles. The van der Waals surface area contributed by atoms with E-state index >= 15 is 0 Å². The Morgan fingerprint density at radius 1 is 0.810 bits per heavy atom. The third-order valence-electron chi connectivity index (χ3n) is 9.05. The number of nitrogens with zero attached hydrogens (tertiary/aromatic N) is 5. The van der Waals surface area contributed by atoms with Crippen molar-refractivity contribution in [3.63, 3.8) is 0 Å². The number of fused-ring (bicyclic) bond motifs is 3. The molecule has 2 bridgehead atoms. The van der Waals surface area contributed by atoms with E-state index in [1.54, 1.807) is 45.0 Å². The highest BCUT2D eigenvalue weighted by Crippen LogP contribution is 2.21. The van der Waals surface area contributed by atoms with E-state index in [2.05, 4.69) is 15.6 Å². The third kappa shape index (κ3) is 14.6. The maximum atomic E-state index is 12.1. The van der Waals surface area contributed by atoms with Crippen LogP contribution in [0.15, 0.2) is 72.8 Å². The van der Waals surface area contributed by atoms with Gasteiger partial charge in [-0.15, -0.1) is 0 Å². The number of aryl methyl sites for hydroxylation is 1. The van der Waals surface area contributed by atoms with Crippen LogP contribution in [-0.4, -0.2) is 141 Å². The van der Waals surface area contributed by atoms with Gasteiger partial charge >= 0.3 is 24.1 Å². The zero-order valence-electron chi connectivity index (χ0n) is 32.0. The van der Waals surface area contributed by atoms with Crippen molar-refractivity contribution in [2.24, 2.45) is 0 Å². The number of carbonyl (C=O) groups is 4. The maximum absolute atomic E-state index is 12.1. The molecule has 308 valence electrons. The Labute approximate surface area is 340 Å². The molecule has 4 aromatic rings. The standard InChI is InChI=1S/C40H47N7O10S/c1-27-5-8-29-20-34(11-12-35(29)42-27)57-40(54)56-18-17-55-16-13-41-39(58)44-30-9-6-28(7-10-30)19-33-23-46(25-37(50)51)15-14-45(24-36(48)49)21-31-3-2-4-32(43-31)22-47(33)26-38(52)53/h2-12,20,33H,13-19,21-26H2,1H3,(H,48,49)(H,50,51)(H,52,53)(H2,41,44,58). The number of benzene rings is 2. The average Bonchev–Trinajstić information content (AvgIpc) is 3.16. The van der Waals surface area contributed by atoms with Crippen molar-refractivity contribution in [1.82, 2.24) is 30.0 Å². The van der Waals surface area contributed by atoms with Gasteiger partial charge in [0, 0.05) is 62.1 Å². The first-order valence-electron chi connectivity index (χ1n) is 18.6. The fraction of sp³-hybridized carbons (Fsp3) is 0.375. The highest BCUT2D eigenvalue weighted by Gasteiger charge is 2.27. The minimum absolute atomic E-state index is 0.00416. The number of aliphatic carboxylic acids is 3. The lowest BCUT2D eigenvalue weighted by Crippen LogP contribution is -2.50. The number of carboxylic acid groups (broad SMARTS) is 3. The molecule has 1 atom stereocenters. The number of ether oxygens (including phenoxy) is 3. The van der Waals surface area contributed by atoms with Gasteiger partial charge in [-0.05, 0) is 79.7 Å². The highest BCUT2D eigenvalue weighted by atomic mass is 32.1. The molecule has 0 aliphatic carbocycles. The molecule has 1 aliphatic rings. The van der Waals surface area contributed by atoms with E-state index in [0.29, 0.717) is 47.5 Å². The van der Waals surface area contributed by atoms with E-state index in [0.717, 1.165) is 22.2 Å². The summed E-state index contributed by atoms with van der Waals surface area (Å²) in [6, 6.07) is 21.3. The van der Waals surface area contributed by atoms with Gasteiger partial charge in [0.2, 0.25) is 0 Å². The van der Waals surface area contributed by atoms with Crippen LogP contribution in [0.1, 0.15) is 22.6 Å². The number of anilines is 1. The number of carboxylic acids is 3. The van der Waals surface area contributed by atoms with Crippen molar-refractivity contribution in [3.05, 3.63) is 95.4 Å². The van der Waals surface area contributed by atoms with Crippen molar-refractivity contribution in [1.29, 1.82) is 0 Å². The average molecular weight is 818 g/mol. The summed E-state index contributed by atoms with van der Waals surface area (Å²) >= 11 is 5.43. The molecule has 2 aromatic carbocycles. The lowest BCUT2D eigenvalue weighted by molar-refractivity contribution is -0.141. The second-order valence-electron chi connectivity index (χ2n) is 13.7. The fourth-order valence-corrected chi connectivity index (χ4v) is 6.66. The summed E-state index contributed by atoms with van der Waals surface area (Å²) < 4.78 is 15.9. The number of carbonyl (C=O) groups excluding carboxylic acids is 1. The molecule has 2 aromatic heterocycles. The van der Waals surface area contributed by atoms with Crippen molar-refractivity contribution >= 4 is 58.0 Å². The monoisotopic (exact) mass is 817 g/mol. The topological polar surface area (TPSA) is 216 Å². The van der Waals surface area contributed by atoms with E-state index in [4.69, 9.17) is 31.4 Å². The summed E-state index contributed by atoms with van der Waals surface area (Å²) in [5, 5.41) is 36.5. The van der Waals surface area contributed by atoms with Crippen LogP contribution in [0.25, 0.3) is 10.9 Å². The van der Waals surface area contributed by atoms with Crippen LogP contribution in [0, 0.1) is 6.92 Å². The van der Waals surface area contributed by atoms with Crippen molar-refractivity contribution in [2.75, 3.05) is 71.0 Å². The molecule has 1 unspecified atom stereocenters. The van der Waals surface area contributed by atoms with Crippen LogP contribution in [-0.2, 0) is 43.4 Å². The number of rotatable bonds is 16. The molecule has 3 heterocycles. The molecule has 5 rings (SSSR count). The van der Waals surface area contributed by atoms with E-state index in [9.17, 15) is 34.5 Å². The predicted octanol–water partition coefficient (Wildman–Crippen LogP) is 3.24. The minimum atomic E-state index is -1.04. The lowest BCUT2D eigenvalue weighted by Gasteiger charge is -2.36. The molecule has 0 fully saturated rings. The lowest BCUT2D eigenvalue weighted by atomic mass is 10.0. The number of thiocarbonyl (C=S) groups is 1. The third-order valence-corrected chi connectivity index (χ3v) is 9.30. The summed E-state index contributed by atoms with van der Waals surface area (Å²) in [5.74, 6) is -2.73. The molecule has 0 radical (unpaired) electrons. The van der Waals surface area contributed by atoms with Gasteiger partial charge < -0.3 is 40.2 Å². The molecule has 0 amide bonds. The number of hydrogen-bond acceptors (Lipinski definition) is 13. The first-order chi connectivity index (χ1) is 27.9. The normalized spacial score (nSPS) is 15.4. The molecular formula is C40H47N7O10S. The first kappa shape index (κ1) is 43.3. The van der Waals surface area contributed by atoms with Crippen LogP contribution in [0.3, 0.4) is 0 Å². The summed E-state index contributed by atoms with van der Waals surface area (Å²) in [6.07, 6.45) is -0.444. The van der Waals surface area contributed by atoms with E-state index in [1.165, 1.54) is 0 Å². The van der Waals surface area contributed by atoms with Gasteiger partial charge in [-0.1, -0.05) is 24.3 Å². The number of hydrogen-bond donors (Lipinski definition) is 5. The Kier molecular flexibility index (Phi) is 16.2. The molecule has 5 N–H and O–H groups in total. The summed E-state index contributed by atoms with van der Waals surface area (Å²) in [4.78, 5) is 62.0. The minimum Gasteiger partial charge on any atom is -0.480 e. The molecule has 0 saturated carbocycles. The van der Waals surface area contributed by atoms with Gasteiger partial charge in [-0.25, -0.2) is 4.79 Å². The van der Waals surface area contributed by atoms with Crippen LogP contribution >= 0.6 is 12.2 Å². The summed E-state index contributed by atoms with van der Waals surface area (Å²) in [7, 11) is 0. The number of pyridine rings is 2. The summed E-state index contributed by atoms with van der Waals surface area (Å²) in [6.45, 7) is 3.09. The Morgan fingerprint density at radius 2 is 1.52 bits per heavy atom. The van der Waals surface area contributed by atoms with Gasteiger partial charge in [0.1, 0.15) is 12.4 Å². The second-order valence-corrected chi connectivity index (χ2v) is 14.1. The van der Waals surface area contributed by atoms with Crippen LogP contribution in [0.5, 0.6) is 5.75 Å². The smallest absolute Gasteiger partial charge is 0.480 e. The summed E-state index contributed by atoms with van der Waals surface area (Å²) in [5.41, 5.74) is 4.54. The predicted molar refractivity (Wildman–Crippen MR) is 217 cm³/mol. The van der Waals surface area contributed by atoms with Crippen LogP contribution < -0.4 is 15.4 Å². The van der Waals surface area contributed by atoms with Gasteiger partial charge in [0.15, 0.2) is 5.11 Å². The Balaban J connectivity index is 1.10. The SMILES string of the molecule is Cc1ccc2cc(OC(=O)OCCOCCNC(=S)Nc3ccc(CC4CN(CC(=O)O)CCN(CC(=O)O)Cc5cccc(n5)CN4CC(=O)O)cc3)ccc2n1. The number of nitrogens with one attached hydrogen (secondary N) is 2. The van der Waals surface area contributed by atoms with Gasteiger partial charge in [-0.2, -0.15) is 0 Å². The zero-order chi connectivity index (χ0) is 41.4. The molecule has 58 heavy (non-hydrogen) atoms. The van der Waals surface area contributed by atoms with Crippen LogP contribution in [0.4, 0.5) is 10.5 Å². The number of aromatic nitrogens is 2. The van der Waals surface area contributed by atoms with Gasteiger partial charge in [-0.3, -0.25) is 39.1 Å². The van der Waals surface area contributed by atoms with E-state index in [-0.39, 0.29) is 65.6 Å². The Hall–Kier alpha value is -5.79. The van der Waals surface area contributed by atoms with Crippen molar-refractivity contribution in [2.45, 2.75) is 32.5 Å².